The van der Waals surface area contributed by atoms with E-state index >= 15 is 0 Å². The quantitative estimate of drug-likeness (QED) is 0.497. The molecular weight excluding hydrogens is 370 g/mol. The average molecular weight is 391 g/mol. The van der Waals surface area contributed by atoms with Crippen molar-refractivity contribution < 1.29 is 14.0 Å². The number of nitrogens with zero attached hydrogens (tertiary/aromatic N) is 1. The van der Waals surface area contributed by atoms with Crippen molar-refractivity contribution in [3.8, 4) is 0 Å². The van der Waals surface area contributed by atoms with Gasteiger partial charge < -0.3 is 9.73 Å². The maximum Gasteiger partial charge on any atom is 0.240 e. The normalized spacial score (nSPS) is 11.0. The van der Waals surface area contributed by atoms with Gasteiger partial charge in [0.05, 0.1) is 17.2 Å². The lowest BCUT2D eigenvalue weighted by atomic mass is 10.1. The molecule has 3 aromatic rings. The predicted molar refractivity (Wildman–Crippen MR) is 112 cm³/mol. The van der Waals surface area contributed by atoms with Gasteiger partial charge in [-0.05, 0) is 38.1 Å². The van der Waals surface area contributed by atoms with E-state index in [1.165, 1.54) is 12.5 Å². The number of hydrogen-bond acceptors (Lipinski definition) is 5. The summed E-state index contributed by atoms with van der Waals surface area (Å²) in [6, 6.07) is 12.7. The topological polar surface area (TPSA) is 101 Å². The van der Waals surface area contributed by atoms with Crippen LogP contribution in [-0.2, 0) is 9.59 Å². The maximum absolute atomic E-state index is 12.4. The van der Waals surface area contributed by atoms with Crippen LogP contribution < -0.4 is 16.2 Å². The van der Waals surface area contributed by atoms with Crippen LogP contribution in [0.15, 0.2) is 63.0 Å². The van der Waals surface area contributed by atoms with Gasteiger partial charge in [0.25, 0.3) is 0 Å². The van der Waals surface area contributed by atoms with E-state index in [2.05, 4.69) is 15.8 Å². The van der Waals surface area contributed by atoms with Crippen molar-refractivity contribution in [2.45, 2.75) is 26.7 Å². The summed E-state index contributed by atoms with van der Waals surface area (Å²) < 4.78 is 5.42. The highest BCUT2D eigenvalue weighted by atomic mass is 16.3. The Morgan fingerprint density at radius 2 is 1.69 bits per heavy atom. The Morgan fingerprint density at radius 1 is 1.00 bits per heavy atom. The number of nitrogens with one attached hydrogen (secondary N) is 2. The van der Waals surface area contributed by atoms with Gasteiger partial charge in [-0.15, -0.1) is 0 Å². The Labute approximate surface area is 167 Å². The first-order valence-electron chi connectivity index (χ1n) is 9.13. The van der Waals surface area contributed by atoms with E-state index in [1.807, 2.05) is 32.0 Å². The van der Waals surface area contributed by atoms with E-state index in [1.54, 1.807) is 24.3 Å². The van der Waals surface area contributed by atoms with Crippen LogP contribution >= 0.6 is 0 Å². The first-order chi connectivity index (χ1) is 13.9. The van der Waals surface area contributed by atoms with Crippen molar-refractivity contribution in [3.05, 3.63) is 75.6 Å². The number of rotatable bonds is 6. The molecule has 0 saturated heterocycles. The van der Waals surface area contributed by atoms with E-state index in [9.17, 15) is 14.4 Å². The molecule has 0 atom stereocenters. The smallest absolute Gasteiger partial charge is 0.240 e. The van der Waals surface area contributed by atoms with Gasteiger partial charge in [-0.3, -0.25) is 14.4 Å². The van der Waals surface area contributed by atoms with Gasteiger partial charge in [0.15, 0.2) is 0 Å². The molecule has 2 N–H and O–H groups in total. The van der Waals surface area contributed by atoms with Gasteiger partial charge in [-0.1, -0.05) is 29.3 Å². The van der Waals surface area contributed by atoms with Crippen LogP contribution in [0.5, 0.6) is 0 Å². The van der Waals surface area contributed by atoms with Gasteiger partial charge in [0, 0.05) is 18.5 Å². The number of hydrogen-bond donors (Lipinski definition) is 2. The second-order valence-electron chi connectivity index (χ2n) is 6.73. The van der Waals surface area contributed by atoms with Crippen molar-refractivity contribution in [2.75, 3.05) is 5.32 Å². The van der Waals surface area contributed by atoms with Crippen LogP contribution in [0.2, 0.25) is 0 Å². The van der Waals surface area contributed by atoms with Crippen molar-refractivity contribution in [1.29, 1.82) is 0 Å². The Hall–Kier alpha value is -3.74. The summed E-state index contributed by atoms with van der Waals surface area (Å²) in [4.78, 5) is 36.2. The van der Waals surface area contributed by atoms with Gasteiger partial charge >= 0.3 is 0 Å². The molecule has 0 aliphatic rings. The lowest BCUT2D eigenvalue weighted by molar-refractivity contribution is -0.124. The third kappa shape index (κ3) is 5.38. The molecule has 3 rings (SSSR count). The number of anilines is 1. The molecule has 0 bridgehead atoms. The van der Waals surface area contributed by atoms with Crippen molar-refractivity contribution in [3.63, 3.8) is 0 Å². The molecule has 1 heterocycles. The molecule has 29 heavy (non-hydrogen) atoms. The largest absolute Gasteiger partial charge is 0.463 e. The van der Waals surface area contributed by atoms with Gasteiger partial charge in [-0.25, -0.2) is 5.43 Å². The molecule has 0 saturated carbocycles. The van der Waals surface area contributed by atoms with Crippen molar-refractivity contribution in [2.24, 2.45) is 5.10 Å². The minimum Gasteiger partial charge on any atom is -0.463 e. The molecule has 148 valence electrons. The summed E-state index contributed by atoms with van der Waals surface area (Å²) in [6.45, 7) is 3.84. The molecule has 0 spiro atoms. The summed E-state index contributed by atoms with van der Waals surface area (Å²) in [5.74, 6) is -0.695. The lowest BCUT2D eigenvalue weighted by Crippen LogP contribution is -2.21. The summed E-state index contributed by atoms with van der Waals surface area (Å²) in [5, 5.41) is 6.96. The van der Waals surface area contributed by atoms with Gasteiger partial charge in [0.2, 0.25) is 17.2 Å². The zero-order valence-electron chi connectivity index (χ0n) is 16.2. The van der Waals surface area contributed by atoms with Crippen LogP contribution in [0, 0.1) is 13.8 Å². The molecule has 0 unspecified atom stereocenters. The SMILES string of the molecule is Cc1ccc(NC(=O)CCC(=O)N/N=C/c2coc3ccc(C)cc3c2=O)cc1. The molecule has 0 aliphatic heterocycles. The van der Waals surface area contributed by atoms with Crippen LogP contribution in [-0.4, -0.2) is 18.0 Å². The molecule has 7 heteroatoms. The van der Waals surface area contributed by atoms with Gasteiger partial charge in [-0.2, -0.15) is 5.10 Å². The first kappa shape index (κ1) is 20.0. The fourth-order valence-corrected chi connectivity index (χ4v) is 2.67. The Morgan fingerprint density at radius 3 is 2.45 bits per heavy atom. The molecule has 7 nitrogen and oxygen atoms in total. The van der Waals surface area contributed by atoms with E-state index in [0.717, 1.165) is 11.1 Å². The summed E-state index contributed by atoms with van der Waals surface area (Å²) in [6.07, 6.45) is 2.52. The molecule has 2 aromatic carbocycles. The number of aryl methyl sites for hydroxylation is 2. The summed E-state index contributed by atoms with van der Waals surface area (Å²) in [5.41, 5.74) is 5.51. The number of benzene rings is 2. The van der Waals surface area contributed by atoms with Crippen LogP contribution in [0.1, 0.15) is 29.5 Å². The molecular formula is C22H21N3O4. The highest BCUT2D eigenvalue weighted by Gasteiger charge is 2.08. The van der Waals surface area contributed by atoms with Crippen molar-refractivity contribution >= 4 is 34.7 Å². The highest BCUT2D eigenvalue weighted by Crippen LogP contribution is 2.12. The Bertz CT molecular complexity index is 1130. The molecule has 0 fully saturated rings. The molecule has 1 aromatic heterocycles. The molecule has 2 amide bonds. The van der Waals surface area contributed by atoms with E-state index in [4.69, 9.17) is 4.42 Å². The van der Waals surface area contributed by atoms with Crippen LogP contribution in [0.25, 0.3) is 11.0 Å². The standard InChI is InChI=1S/C22H21N3O4/c1-14-3-6-17(7-4-14)24-20(26)9-10-21(27)25-23-12-16-13-29-19-8-5-15(2)11-18(19)22(16)28/h3-8,11-13H,9-10H2,1-2H3,(H,24,26)(H,25,27)/b23-12+. The van der Waals surface area contributed by atoms with E-state index in [-0.39, 0.29) is 29.7 Å². The molecule has 0 aliphatic carbocycles. The Balaban J connectivity index is 1.52. The number of fused-ring (bicyclic) bond motifs is 1. The van der Waals surface area contributed by atoms with Crippen molar-refractivity contribution in [1.82, 2.24) is 5.43 Å². The monoisotopic (exact) mass is 391 g/mol. The van der Waals surface area contributed by atoms with Gasteiger partial charge in [0.1, 0.15) is 11.8 Å². The summed E-state index contributed by atoms with van der Waals surface area (Å²) in [7, 11) is 0. The van der Waals surface area contributed by atoms with Crippen LogP contribution in [0.3, 0.4) is 0 Å². The maximum atomic E-state index is 12.4. The molecule has 0 radical (unpaired) electrons. The zero-order chi connectivity index (χ0) is 20.8. The fourth-order valence-electron chi connectivity index (χ4n) is 2.67. The Kier molecular flexibility index (Phi) is 6.19. The first-order valence-corrected chi connectivity index (χ1v) is 9.13. The van der Waals surface area contributed by atoms with E-state index in [0.29, 0.717) is 16.7 Å². The minimum absolute atomic E-state index is 0.0205. The third-order valence-corrected chi connectivity index (χ3v) is 4.26. The van der Waals surface area contributed by atoms with Crippen LogP contribution in [0.4, 0.5) is 5.69 Å². The highest BCUT2D eigenvalue weighted by molar-refractivity contribution is 5.93. The second kappa shape index (κ2) is 8.97. The second-order valence-corrected chi connectivity index (χ2v) is 6.73. The fraction of sp³-hybridized carbons (Fsp3) is 0.182. The predicted octanol–water partition coefficient (Wildman–Crippen LogP) is 3.28. The minimum atomic E-state index is -0.429. The zero-order valence-corrected chi connectivity index (χ0v) is 16.2. The van der Waals surface area contributed by atoms with E-state index < -0.39 is 5.91 Å². The number of hydrazone groups is 1. The number of carbonyl (C=O) groups is 2. The number of amides is 2. The average Bonchev–Trinajstić information content (AvgIpc) is 2.70. The lowest BCUT2D eigenvalue weighted by Gasteiger charge is -2.05. The summed E-state index contributed by atoms with van der Waals surface area (Å²) >= 11 is 0. The number of carbonyl (C=O) groups excluding carboxylic acids is 2. The third-order valence-electron chi connectivity index (χ3n) is 4.26.